The number of hydrogen-bond acceptors (Lipinski definition) is 3. The molecule has 0 fully saturated rings. The second-order valence-corrected chi connectivity index (χ2v) is 7.18. The highest BCUT2D eigenvalue weighted by molar-refractivity contribution is 7.87. The molecule has 0 aromatic heterocycles. The number of hydrogen-bond donors (Lipinski definition) is 2. The summed E-state index contributed by atoms with van der Waals surface area (Å²) in [6, 6.07) is 8.95. The molecule has 1 atom stereocenters. The van der Waals surface area contributed by atoms with Crippen LogP contribution in [0.2, 0.25) is 0 Å². The number of nitrogens with one attached hydrogen (secondary N) is 1. The van der Waals surface area contributed by atoms with Crippen LogP contribution in [0.5, 0.6) is 0 Å². The van der Waals surface area contributed by atoms with Crippen molar-refractivity contribution in [2.45, 2.75) is 32.9 Å². The highest BCUT2D eigenvalue weighted by Crippen LogP contribution is 2.09. The topological polar surface area (TPSA) is 69.6 Å². The van der Waals surface area contributed by atoms with E-state index in [1.54, 1.807) is 0 Å². The summed E-state index contributed by atoms with van der Waals surface area (Å²) in [5, 5.41) is 9.26. The van der Waals surface area contributed by atoms with E-state index in [1.807, 2.05) is 44.2 Å². The minimum atomic E-state index is -3.59. The molecule has 5 nitrogen and oxygen atoms in total. The molecule has 0 aliphatic carbocycles. The van der Waals surface area contributed by atoms with Crippen LogP contribution in [0.25, 0.3) is 0 Å². The van der Waals surface area contributed by atoms with Gasteiger partial charge in [0, 0.05) is 19.6 Å². The van der Waals surface area contributed by atoms with Gasteiger partial charge >= 0.3 is 0 Å². The number of nitrogens with zero attached hydrogens (tertiary/aromatic N) is 1. The smallest absolute Gasteiger partial charge is 0.279 e. The van der Waals surface area contributed by atoms with E-state index in [4.69, 9.17) is 0 Å². The fraction of sp³-hybridized carbons (Fsp3) is 0.571. The third kappa shape index (κ3) is 5.58. The van der Waals surface area contributed by atoms with Crippen LogP contribution in [0.1, 0.15) is 25.8 Å². The Balaban J connectivity index is 2.67. The lowest BCUT2D eigenvalue weighted by Crippen LogP contribution is -2.45. The Morgan fingerprint density at radius 2 is 1.85 bits per heavy atom. The van der Waals surface area contributed by atoms with Crippen molar-refractivity contribution in [3.05, 3.63) is 35.9 Å². The zero-order chi connectivity index (χ0) is 15.2. The van der Waals surface area contributed by atoms with Gasteiger partial charge in [0.15, 0.2) is 0 Å². The SMILES string of the molecule is CC(C)CC(CO)NS(=O)(=O)N(C)Cc1ccccc1. The first-order chi connectivity index (χ1) is 9.35. The highest BCUT2D eigenvalue weighted by Gasteiger charge is 2.22. The predicted octanol–water partition coefficient (Wildman–Crippen LogP) is 1.36. The maximum Gasteiger partial charge on any atom is 0.279 e. The Morgan fingerprint density at radius 1 is 1.25 bits per heavy atom. The molecule has 0 bridgehead atoms. The molecule has 0 spiro atoms. The highest BCUT2D eigenvalue weighted by atomic mass is 32.2. The van der Waals surface area contributed by atoms with E-state index in [9.17, 15) is 13.5 Å². The Kier molecular flexibility index (Phi) is 6.61. The van der Waals surface area contributed by atoms with E-state index >= 15 is 0 Å². The van der Waals surface area contributed by atoms with E-state index in [1.165, 1.54) is 11.4 Å². The molecule has 0 amide bonds. The van der Waals surface area contributed by atoms with Gasteiger partial charge in [0.05, 0.1) is 6.61 Å². The maximum absolute atomic E-state index is 12.2. The van der Waals surface area contributed by atoms with Crippen LogP contribution in [0, 0.1) is 5.92 Å². The molecule has 0 saturated heterocycles. The second-order valence-electron chi connectivity index (χ2n) is 5.37. The summed E-state index contributed by atoms with van der Waals surface area (Å²) in [7, 11) is -2.07. The number of benzene rings is 1. The van der Waals surface area contributed by atoms with Crippen LogP contribution >= 0.6 is 0 Å². The lowest BCUT2D eigenvalue weighted by Gasteiger charge is -2.23. The van der Waals surface area contributed by atoms with Gasteiger partial charge in [-0.15, -0.1) is 0 Å². The average Bonchev–Trinajstić information content (AvgIpc) is 2.38. The molecule has 0 aliphatic rings. The molecule has 0 saturated carbocycles. The minimum Gasteiger partial charge on any atom is -0.395 e. The van der Waals surface area contributed by atoms with Gasteiger partial charge < -0.3 is 5.11 Å². The van der Waals surface area contributed by atoms with Gasteiger partial charge in [-0.05, 0) is 17.9 Å². The fourth-order valence-corrected chi connectivity index (χ4v) is 3.05. The molecule has 0 heterocycles. The lowest BCUT2D eigenvalue weighted by molar-refractivity contribution is 0.237. The van der Waals surface area contributed by atoms with Crippen molar-refractivity contribution in [3.8, 4) is 0 Å². The van der Waals surface area contributed by atoms with E-state index in [0.29, 0.717) is 18.9 Å². The third-order valence-corrected chi connectivity index (χ3v) is 4.53. The molecule has 1 unspecified atom stereocenters. The van der Waals surface area contributed by atoms with Gasteiger partial charge in [0.1, 0.15) is 0 Å². The van der Waals surface area contributed by atoms with Gasteiger partial charge in [0.2, 0.25) is 0 Å². The molecule has 6 heteroatoms. The third-order valence-electron chi connectivity index (χ3n) is 2.95. The van der Waals surface area contributed by atoms with Crippen molar-refractivity contribution < 1.29 is 13.5 Å². The van der Waals surface area contributed by atoms with E-state index in [0.717, 1.165) is 5.56 Å². The number of aliphatic hydroxyl groups is 1. The Hall–Kier alpha value is -0.950. The number of aliphatic hydroxyl groups excluding tert-OH is 1. The van der Waals surface area contributed by atoms with Gasteiger partial charge in [-0.25, -0.2) is 0 Å². The summed E-state index contributed by atoms with van der Waals surface area (Å²) >= 11 is 0. The molecule has 20 heavy (non-hydrogen) atoms. The summed E-state index contributed by atoms with van der Waals surface area (Å²) in [5.41, 5.74) is 0.921. The average molecular weight is 300 g/mol. The molecular weight excluding hydrogens is 276 g/mol. The molecule has 114 valence electrons. The van der Waals surface area contributed by atoms with E-state index in [-0.39, 0.29) is 6.61 Å². The van der Waals surface area contributed by atoms with Crippen LogP contribution in [0.3, 0.4) is 0 Å². The lowest BCUT2D eigenvalue weighted by atomic mass is 10.1. The normalized spacial score (nSPS) is 13.9. The molecule has 1 rings (SSSR count). The van der Waals surface area contributed by atoms with Gasteiger partial charge in [-0.2, -0.15) is 17.4 Å². The zero-order valence-corrected chi connectivity index (χ0v) is 13.1. The first-order valence-electron chi connectivity index (χ1n) is 6.73. The molecular formula is C14H24N2O3S. The summed E-state index contributed by atoms with van der Waals surface area (Å²) < 4.78 is 28.2. The van der Waals surface area contributed by atoms with E-state index in [2.05, 4.69) is 4.72 Å². The first kappa shape index (κ1) is 17.1. The maximum atomic E-state index is 12.2. The summed E-state index contributed by atoms with van der Waals surface area (Å²) in [4.78, 5) is 0. The second kappa shape index (κ2) is 7.73. The Bertz CT molecular complexity index is 488. The van der Waals surface area contributed by atoms with Crippen molar-refractivity contribution in [2.75, 3.05) is 13.7 Å². The summed E-state index contributed by atoms with van der Waals surface area (Å²) in [6.07, 6.45) is 0.606. The summed E-state index contributed by atoms with van der Waals surface area (Å²) in [5.74, 6) is 0.314. The molecule has 2 N–H and O–H groups in total. The Morgan fingerprint density at radius 3 is 2.35 bits per heavy atom. The van der Waals surface area contributed by atoms with Crippen LogP contribution in [0.4, 0.5) is 0 Å². The van der Waals surface area contributed by atoms with Crippen molar-refractivity contribution in [3.63, 3.8) is 0 Å². The van der Waals surface area contributed by atoms with Gasteiger partial charge in [0.25, 0.3) is 10.2 Å². The van der Waals surface area contributed by atoms with Crippen LogP contribution < -0.4 is 4.72 Å². The molecule has 0 radical (unpaired) electrons. The van der Waals surface area contributed by atoms with Crippen molar-refractivity contribution >= 4 is 10.2 Å². The Labute approximate surface area is 121 Å². The first-order valence-corrected chi connectivity index (χ1v) is 8.17. The number of rotatable bonds is 8. The van der Waals surface area contributed by atoms with Crippen molar-refractivity contribution in [1.29, 1.82) is 0 Å². The van der Waals surface area contributed by atoms with Gasteiger partial charge in [-0.3, -0.25) is 0 Å². The van der Waals surface area contributed by atoms with Crippen molar-refractivity contribution in [2.24, 2.45) is 5.92 Å². The zero-order valence-electron chi connectivity index (χ0n) is 12.3. The van der Waals surface area contributed by atoms with Crippen molar-refractivity contribution in [1.82, 2.24) is 9.03 Å². The molecule has 1 aromatic carbocycles. The fourth-order valence-electron chi connectivity index (χ4n) is 1.96. The quantitative estimate of drug-likeness (QED) is 0.761. The monoisotopic (exact) mass is 300 g/mol. The van der Waals surface area contributed by atoms with E-state index < -0.39 is 16.3 Å². The largest absolute Gasteiger partial charge is 0.395 e. The van der Waals surface area contributed by atoms with Crippen LogP contribution in [-0.2, 0) is 16.8 Å². The van der Waals surface area contributed by atoms with Gasteiger partial charge in [-0.1, -0.05) is 44.2 Å². The van der Waals surface area contributed by atoms with Crippen LogP contribution in [0.15, 0.2) is 30.3 Å². The molecule has 1 aromatic rings. The standard InChI is InChI=1S/C14H24N2O3S/c1-12(2)9-14(11-17)15-20(18,19)16(3)10-13-7-5-4-6-8-13/h4-8,12,14-15,17H,9-11H2,1-3H3. The predicted molar refractivity (Wildman–Crippen MR) is 80.3 cm³/mol. The van der Waals surface area contributed by atoms with Crippen LogP contribution in [-0.4, -0.2) is 37.5 Å². The minimum absolute atomic E-state index is 0.198. The molecule has 0 aliphatic heterocycles. The summed E-state index contributed by atoms with van der Waals surface area (Å²) in [6.45, 7) is 4.09.